The number of non-ortho nitro benzene ring substituents is 1. The van der Waals surface area contributed by atoms with E-state index in [2.05, 4.69) is 20.4 Å². The van der Waals surface area contributed by atoms with Gasteiger partial charge in [0.2, 0.25) is 0 Å². The summed E-state index contributed by atoms with van der Waals surface area (Å²) in [6.07, 6.45) is 0. The van der Waals surface area contributed by atoms with Crippen molar-refractivity contribution in [3.63, 3.8) is 0 Å². The van der Waals surface area contributed by atoms with Crippen LogP contribution in [-0.4, -0.2) is 37.2 Å². The van der Waals surface area contributed by atoms with Crippen LogP contribution in [0.25, 0.3) is 5.95 Å². The van der Waals surface area contributed by atoms with E-state index in [0.717, 1.165) is 11.4 Å². The number of carbonyl (C=O) groups excluding carboxylic acids is 1. The van der Waals surface area contributed by atoms with Crippen molar-refractivity contribution in [1.29, 1.82) is 0 Å². The van der Waals surface area contributed by atoms with Crippen LogP contribution in [0.3, 0.4) is 0 Å². The molecule has 3 rings (SSSR count). The molecule has 1 aromatic carbocycles. The molecule has 28 heavy (non-hydrogen) atoms. The molecule has 0 aliphatic heterocycles. The third-order valence-electron chi connectivity index (χ3n) is 3.68. The van der Waals surface area contributed by atoms with Crippen LogP contribution in [0.5, 0.6) is 5.75 Å². The normalized spacial score (nSPS) is 10.5. The first-order valence-corrected chi connectivity index (χ1v) is 8.38. The van der Waals surface area contributed by atoms with Crippen LogP contribution in [-0.2, 0) is 4.79 Å². The lowest BCUT2D eigenvalue weighted by Crippen LogP contribution is -2.22. The Hall–Kier alpha value is -3.82. The number of benzene rings is 1. The predicted molar refractivity (Wildman–Crippen MR) is 101 cm³/mol. The van der Waals surface area contributed by atoms with E-state index in [-0.39, 0.29) is 12.3 Å². The van der Waals surface area contributed by atoms with Crippen molar-refractivity contribution >= 4 is 17.4 Å². The van der Waals surface area contributed by atoms with Gasteiger partial charge in [-0.05, 0) is 39.0 Å². The molecule has 0 saturated heterocycles. The predicted octanol–water partition coefficient (Wildman–Crippen LogP) is 2.51. The zero-order chi connectivity index (χ0) is 20.3. The van der Waals surface area contributed by atoms with Gasteiger partial charge in [0.15, 0.2) is 6.61 Å². The van der Waals surface area contributed by atoms with E-state index in [1.807, 2.05) is 19.9 Å². The Bertz CT molecular complexity index is 1010. The van der Waals surface area contributed by atoms with Crippen LogP contribution in [0.1, 0.15) is 17.1 Å². The molecule has 0 radical (unpaired) electrons. The van der Waals surface area contributed by atoms with Gasteiger partial charge in [0.05, 0.1) is 10.6 Å². The molecule has 144 valence electrons. The summed E-state index contributed by atoms with van der Waals surface area (Å²) in [7, 11) is 0. The molecule has 3 aromatic rings. The van der Waals surface area contributed by atoms with Gasteiger partial charge in [-0.15, -0.1) is 0 Å². The van der Waals surface area contributed by atoms with Crippen molar-refractivity contribution in [1.82, 2.24) is 19.7 Å². The maximum atomic E-state index is 12.3. The molecule has 2 heterocycles. The second-order valence-electron chi connectivity index (χ2n) is 6.12. The minimum Gasteiger partial charge on any atom is -0.484 e. The molecule has 0 fully saturated rings. The molecule has 10 heteroatoms. The number of nitrogens with one attached hydrogen (secondary N) is 1. The van der Waals surface area contributed by atoms with Gasteiger partial charge in [-0.3, -0.25) is 14.9 Å². The molecular weight excluding hydrogens is 364 g/mol. The average molecular weight is 382 g/mol. The summed E-state index contributed by atoms with van der Waals surface area (Å²) in [4.78, 5) is 31.1. The SMILES string of the molecule is Cc1cc(C)nc(-n2nc(C)cc2NC(=O)COc2ccc([N+](=O)[O-])cc2)n1. The van der Waals surface area contributed by atoms with Crippen molar-refractivity contribution in [2.24, 2.45) is 0 Å². The fourth-order valence-electron chi connectivity index (χ4n) is 2.53. The fraction of sp³-hybridized carbons (Fsp3) is 0.222. The lowest BCUT2D eigenvalue weighted by Gasteiger charge is -2.09. The summed E-state index contributed by atoms with van der Waals surface area (Å²) >= 11 is 0. The Kier molecular flexibility index (Phi) is 5.30. The van der Waals surface area contributed by atoms with E-state index in [1.165, 1.54) is 28.9 Å². The number of nitro benzene ring substituents is 1. The standard InChI is InChI=1S/C18H18N6O4/c1-11-8-12(2)20-18(19-11)23-16(9-13(3)22-23)21-17(25)10-28-15-6-4-14(5-7-15)24(26)27/h4-9H,10H2,1-3H3,(H,21,25). The molecule has 0 unspecified atom stereocenters. The highest BCUT2D eigenvalue weighted by atomic mass is 16.6. The third kappa shape index (κ3) is 4.47. The molecule has 10 nitrogen and oxygen atoms in total. The number of carbonyl (C=O) groups is 1. The number of aryl methyl sites for hydroxylation is 3. The first-order chi connectivity index (χ1) is 13.3. The van der Waals surface area contributed by atoms with E-state index in [1.54, 1.807) is 13.0 Å². The highest BCUT2D eigenvalue weighted by molar-refractivity contribution is 5.91. The number of hydrogen-bond donors (Lipinski definition) is 1. The zero-order valence-corrected chi connectivity index (χ0v) is 15.5. The van der Waals surface area contributed by atoms with Crippen LogP contribution >= 0.6 is 0 Å². The Morgan fingerprint density at radius 3 is 2.36 bits per heavy atom. The second-order valence-corrected chi connectivity index (χ2v) is 6.12. The Labute approximate surface area is 160 Å². The van der Waals surface area contributed by atoms with Crippen molar-refractivity contribution in [3.05, 3.63) is 63.6 Å². The first-order valence-electron chi connectivity index (χ1n) is 8.38. The minimum absolute atomic E-state index is 0.0513. The number of anilines is 1. The second kappa shape index (κ2) is 7.82. The summed E-state index contributed by atoms with van der Waals surface area (Å²) < 4.78 is 6.83. The van der Waals surface area contributed by atoms with Crippen LogP contribution < -0.4 is 10.1 Å². The van der Waals surface area contributed by atoms with E-state index in [0.29, 0.717) is 23.2 Å². The maximum Gasteiger partial charge on any atom is 0.269 e. The highest BCUT2D eigenvalue weighted by Gasteiger charge is 2.14. The largest absolute Gasteiger partial charge is 0.484 e. The maximum absolute atomic E-state index is 12.3. The molecule has 0 aliphatic rings. The van der Waals surface area contributed by atoms with Gasteiger partial charge in [0.1, 0.15) is 11.6 Å². The molecule has 2 aromatic heterocycles. The van der Waals surface area contributed by atoms with Gasteiger partial charge in [-0.25, -0.2) is 9.97 Å². The van der Waals surface area contributed by atoms with Crippen LogP contribution in [0.15, 0.2) is 36.4 Å². The van der Waals surface area contributed by atoms with Crippen LogP contribution in [0, 0.1) is 30.9 Å². The van der Waals surface area contributed by atoms with Crippen molar-refractivity contribution in [2.45, 2.75) is 20.8 Å². The molecule has 0 saturated carbocycles. The summed E-state index contributed by atoms with van der Waals surface area (Å²) in [6, 6.07) is 9.03. The molecular formula is C18H18N6O4. The monoisotopic (exact) mass is 382 g/mol. The topological polar surface area (TPSA) is 125 Å². The minimum atomic E-state index is -0.505. The smallest absolute Gasteiger partial charge is 0.269 e. The summed E-state index contributed by atoms with van der Waals surface area (Å²) in [5, 5.41) is 17.7. The number of amides is 1. The number of nitro groups is 1. The Balaban J connectivity index is 1.70. The van der Waals surface area contributed by atoms with E-state index < -0.39 is 10.8 Å². The van der Waals surface area contributed by atoms with E-state index >= 15 is 0 Å². The number of hydrogen-bond acceptors (Lipinski definition) is 7. The van der Waals surface area contributed by atoms with Crippen molar-refractivity contribution in [3.8, 4) is 11.7 Å². The van der Waals surface area contributed by atoms with Crippen LogP contribution in [0.2, 0.25) is 0 Å². The number of ether oxygens (including phenoxy) is 1. The Morgan fingerprint density at radius 1 is 1.11 bits per heavy atom. The summed E-state index contributed by atoms with van der Waals surface area (Å²) in [5.74, 6) is 0.712. The third-order valence-corrected chi connectivity index (χ3v) is 3.68. The molecule has 1 N–H and O–H groups in total. The van der Waals surface area contributed by atoms with Crippen molar-refractivity contribution in [2.75, 3.05) is 11.9 Å². The van der Waals surface area contributed by atoms with Gasteiger partial charge in [0, 0.05) is 29.6 Å². The van der Waals surface area contributed by atoms with Gasteiger partial charge < -0.3 is 10.1 Å². The summed E-state index contributed by atoms with van der Waals surface area (Å²) in [5.41, 5.74) is 2.21. The fourth-order valence-corrected chi connectivity index (χ4v) is 2.53. The number of rotatable bonds is 6. The number of aromatic nitrogens is 4. The number of nitrogens with zero attached hydrogens (tertiary/aromatic N) is 5. The first kappa shape index (κ1) is 19.0. The summed E-state index contributed by atoms with van der Waals surface area (Å²) in [6.45, 7) is 5.23. The van der Waals surface area contributed by atoms with Crippen LogP contribution in [0.4, 0.5) is 11.5 Å². The van der Waals surface area contributed by atoms with E-state index in [4.69, 9.17) is 4.74 Å². The molecule has 0 atom stereocenters. The molecule has 1 amide bonds. The van der Waals surface area contributed by atoms with Crippen molar-refractivity contribution < 1.29 is 14.5 Å². The molecule has 0 aliphatic carbocycles. The lowest BCUT2D eigenvalue weighted by molar-refractivity contribution is -0.384. The Morgan fingerprint density at radius 2 is 1.75 bits per heavy atom. The quantitative estimate of drug-likeness (QED) is 0.513. The zero-order valence-electron chi connectivity index (χ0n) is 15.5. The van der Waals surface area contributed by atoms with Gasteiger partial charge in [-0.2, -0.15) is 9.78 Å². The van der Waals surface area contributed by atoms with Gasteiger partial charge >= 0.3 is 0 Å². The lowest BCUT2D eigenvalue weighted by atomic mass is 10.3. The van der Waals surface area contributed by atoms with E-state index in [9.17, 15) is 14.9 Å². The van der Waals surface area contributed by atoms with Gasteiger partial charge in [0.25, 0.3) is 17.5 Å². The average Bonchev–Trinajstić information content (AvgIpc) is 2.99. The highest BCUT2D eigenvalue weighted by Crippen LogP contribution is 2.18. The van der Waals surface area contributed by atoms with Gasteiger partial charge in [-0.1, -0.05) is 0 Å². The molecule has 0 bridgehead atoms. The molecule has 0 spiro atoms.